The van der Waals surface area contributed by atoms with Crippen LogP contribution in [-0.4, -0.2) is 122 Å². The number of aromatic nitrogens is 4. The molecule has 38 heavy (non-hydrogen) atoms. The SMILES string of the molecule is Nc1ncnc2c1ncn2[C@@H]1O[C@H](COP(=O)(OC2O[C@H](CO)[C@@H](O)[C@H](O)[C@H]2O)OP(=O)(O)O)[C@@H](O)[C@H]1O. The molecular formula is C16H25N5O15P2. The van der Waals surface area contributed by atoms with Gasteiger partial charge in [0.05, 0.1) is 19.5 Å². The lowest BCUT2D eigenvalue weighted by molar-refractivity contribution is -0.281. The van der Waals surface area contributed by atoms with E-state index in [0.717, 1.165) is 6.33 Å². The highest BCUT2D eigenvalue weighted by Crippen LogP contribution is 2.62. The Morgan fingerprint density at radius 3 is 2.29 bits per heavy atom. The molecule has 0 saturated carbocycles. The molecule has 22 heteroatoms. The van der Waals surface area contributed by atoms with Crippen LogP contribution in [0.4, 0.5) is 5.82 Å². The Morgan fingerprint density at radius 2 is 1.63 bits per heavy atom. The molecule has 0 spiro atoms. The van der Waals surface area contributed by atoms with Gasteiger partial charge in [0.2, 0.25) is 0 Å². The number of ether oxygens (including phenoxy) is 2. The van der Waals surface area contributed by atoms with Gasteiger partial charge in [0.25, 0.3) is 0 Å². The molecule has 4 heterocycles. The molecule has 2 saturated heterocycles. The molecule has 20 nitrogen and oxygen atoms in total. The average Bonchev–Trinajstić information content (AvgIpc) is 3.39. The van der Waals surface area contributed by atoms with Gasteiger partial charge in [-0.25, -0.2) is 24.1 Å². The molecule has 0 amide bonds. The Labute approximate surface area is 212 Å². The van der Waals surface area contributed by atoms with Crippen molar-refractivity contribution in [3.63, 3.8) is 0 Å². The molecule has 2 aliphatic rings. The summed E-state index contributed by atoms with van der Waals surface area (Å²) in [5.41, 5.74) is 6.04. The molecule has 0 radical (unpaired) electrons. The molecule has 2 aliphatic heterocycles. The molecule has 4 rings (SSSR count). The minimum atomic E-state index is -5.60. The van der Waals surface area contributed by atoms with Crippen LogP contribution in [0, 0.1) is 0 Å². The number of nitrogens with two attached hydrogens (primary N) is 1. The predicted molar refractivity (Wildman–Crippen MR) is 117 cm³/mol. The van der Waals surface area contributed by atoms with Gasteiger partial charge in [-0.15, -0.1) is 0 Å². The minimum Gasteiger partial charge on any atom is -0.394 e. The molecule has 2 unspecified atom stereocenters. The van der Waals surface area contributed by atoms with Crippen molar-refractivity contribution >= 4 is 32.6 Å². The Bertz CT molecular complexity index is 1230. The number of hydrogen-bond donors (Lipinski definition) is 9. The second kappa shape index (κ2) is 11.0. The van der Waals surface area contributed by atoms with Crippen LogP contribution in [-0.2, 0) is 32.0 Å². The molecule has 2 fully saturated rings. The Morgan fingerprint density at radius 1 is 0.947 bits per heavy atom. The van der Waals surface area contributed by atoms with Crippen molar-refractivity contribution in [1.82, 2.24) is 19.5 Å². The van der Waals surface area contributed by atoms with E-state index in [0.29, 0.717) is 0 Å². The molecule has 2 aromatic rings. The van der Waals surface area contributed by atoms with Gasteiger partial charge in [-0.1, -0.05) is 0 Å². The lowest BCUT2D eigenvalue weighted by atomic mass is 10.00. The number of nitrogens with zero attached hydrogens (tertiary/aromatic N) is 4. The van der Waals surface area contributed by atoms with Crippen LogP contribution < -0.4 is 5.73 Å². The van der Waals surface area contributed by atoms with E-state index in [-0.39, 0.29) is 17.0 Å². The zero-order valence-electron chi connectivity index (χ0n) is 19.0. The van der Waals surface area contributed by atoms with Crippen LogP contribution in [0.5, 0.6) is 0 Å². The maximum Gasteiger partial charge on any atom is 0.486 e. The van der Waals surface area contributed by atoms with Crippen LogP contribution >= 0.6 is 15.6 Å². The Hall–Kier alpha value is -1.71. The highest BCUT2D eigenvalue weighted by Gasteiger charge is 2.51. The van der Waals surface area contributed by atoms with Crippen molar-refractivity contribution in [2.24, 2.45) is 0 Å². The van der Waals surface area contributed by atoms with Gasteiger partial charge in [0.15, 0.2) is 24.0 Å². The number of phosphoric ester groups is 1. The second-order valence-electron chi connectivity index (χ2n) is 8.25. The van der Waals surface area contributed by atoms with Crippen molar-refractivity contribution in [3.8, 4) is 0 Å². The molecule has 0 aromatic carbocycles. The van der Waals surface area contributed by atoms with Gasteiger partial charge in [0.1, 0.15) is 54.6 Å². The first-order chi connectivity index (χ1) is 17.7. The Balaban J connectivity index is 1.51. The second-order valence-corrected chi connectivity index (χ2v) is 11.2. The summed E-state index contributed by atoms with van der Waals surface area (Å²) in [5, 5.41) is 60.1. The summed E-state index contributed by atoms with van der Waals surface area (Å²) in [6, 6.07) is 0. The molecule has 10 atom stereocenters. The van der Waals surface area contributed by atoms with Gasteiger partial charge in [-0.05, 0) is 0 Å². The van der Waals surface area contributed by atoms with Gasteiger partial charge in [-0.2, -0.15) is 4.31 Å². The van der Waals surface area contributed by atoms with Gasteiger partial charge in [-0.3, -0.25) is 13.6 Å². The third kappa shape index (κ3) is 5.89. The number of nitrogen functional groups attached to an aromatic ring is 1. The summed E-state index contributed by atoms with van der Waals surface area (Å²) in [6.45, 7) is -1.86. The highest BCUT2D eigenvalue weighted by molar-refractivity contribution is 7.61. The van der Waals surface area contributed by atoms with E-state index in [2.05, 4.69) is 19.3 Å². The maximum atomic E-state index is 13.1. The van der Waals surface area contributed by atoms with E-state index in [9.17, 15) is 49.6 Å². The smallest absolute Gasteiger partial charge is 0.394 e. The van der Waals surface area contributed by atoms with Crippen LogP contribution in [0.3, 0.4) is 0 Å². The first kappa shape index (κ1) is 29.3. The lowest BCUT2D eigenvalue weighted by Crippen LogP contribution is -2.59. The molecule has 0 aliphatic carbocycles. The van der Waals surface area contributed by atoms with Crippen LogP contribution in [0.1, 0.15) is 6.23 Å². The summed E-state index contributed by atoms with van der Waals surface area (Å²) in [4.78, 5) is 30.2. The largest absolute Gasteiger partial charge is 0.486 e. The van der Waals surface area contributed by atoms with E-state index in [4.69, 9.17) is 24.3 Å². The molecule has 214 valence electrons. The molecule has 2 aromatic heterocycles. The topological polar surface area (TPSA) is 312 Å². The van der Waals surface area contributed by atoms with Crippen molar-refractivity contribution < 1.29 is 72.4 Å². The fraction of sp³-hybridized carbons (Fsp3) is 0.688. The van der Waals surface area contributed by atoms with E-state index >= 15 is 0 Å². The fourth-order valence-corrected chi connectivity index (χ4v) is 6.01. The molecule has 0 bridgehead atoms. The average molecular weight is 589 g/mol. The van der Waals surface area contributed by atoms with Crippen LogP contribution in [0.15, 0.2) is 12.7 Å². The van der Waals surface area contributed by atoms with Gasteiger partial charge < -0.3 is 55.6 Å². The third-order valence-corrected chi connectivity index (χ3v) is 8.27. The summed E-state index contributed by atoms with van der Waals surface area (Å²) in [6.07, 6.45) is -13.5. The zero-order valence-corrected chi connectivity index (χ0v) is 20.7. The number of phosphoric acid groups is 2. The van der Waals surface area contributed by atoms with Crippen molar-refractivity contribution in [2.45, 2.75) is 55.2 Å². The number of rotatable bonds is 9. The summed E-state index contributed by atoms with van der Waals surface area (Å²) in [5.74, 6) is 0.0301. The van der Waals surface area contributed by atoms with Crippen LogP contribution in [0.25, 0.3) is 11.2 Å². The van der Waals surface area contributed by atoms with Crippen LogP contribution in [0.2, 0.25) is 0 Å². The standard InChI is InChI=1S/C16H25N5O15P2/c17-13-7-14(19-3-18-13)21(4-20-7)15-11(26)9(24)6(33-15)2-32-38(31,36-37(28,29)30)35-16-12(27)10(25)8(23)5(1-22)34-16/h3-6,8-12,15-16,22-27H,1-2H2,(H2,17,18,19)(H2,28,29,30)/t5-,6-,8-,9-,10+,11-,12-,15-,16?,38?/m1/s1. The Kier molecular flexibility index (Phi) is 8.51. The van der Waals surface area contributed by atoms with Crippen molar-refractivity contribution in [3.05, 3.63) is 12.7 Å². The summed E-state index contributed by atoms with van der Waals surface area (Å²) in [7, 11) is -11.0. The molecule has 10 N–H and O–H groups in total. The number of anilines is 1. The van der Waals surface area contributed by atoms with Crippen molar-refractivity contribution in [1.29, 1.82) is 0 Å². The third-order valence-electron chi connectivity index (χ3n) is 5.68. The predicted octanol–water partition coefficient (Wildman–Crippen LogP) is -3.92. The van der Waals surface area contributed by atoms with E-state index in [1.54, 1.807) is 0 Å². The number of hydrogen-bond acceptors (Lipinski definition) is 17. The maximum absolute atomic E-state index is 13.1. The van der Waals surface area contributed by atoms with E-state index < -0.39 is 84.1 Å². The quantitative estimate of drug-likeness (QED) is 0.126. The fourth-order valence-electron chi connectivity index (χ4n) is 3.80. The number of fused-ring (bicyclic) bond motifs is 1. The summed E-state index contributed by atoms with van der Waals surface area (Å²) < 4.78 is 50.2. The molecular weight excluding hydrogens is 564 g/mol. The first-order valence-corrected chi connectivity index (χ1v) is 13.7. The van der Waals surface area contributed by atoms with Crippen molar-refractivity contribution in [2.75, 3.05) is 18.9 Å². The highest BCUT2D eigenvalue weighted by atomic mass is 31.3. The summed E-state index contributed by atoms with van der Waals surface area (Å²) >= 11 is 0. The number of aliphatic hydroxyl groups is 6. The number of imidazole rings is 1. The van der Waals surface area contributed by atoms with E-state index in [1.165, 1.54) is 10.9 Å². The van der Waals surface area contributed by atoms with Gasteiger partial charge in [0, 0.05) is 0 Å². The number of aliphatic hydroxyl groups excluding tert-OH is 6. The zero-order chi connectivity index (χ0) is 28.0. The van der Waals surface area contributed by atoms with Gasteiger partial charge >= 0.3 is 15.6 Å². The lowest BCUT2D eigenvalue weighted by Gasteiger charge is -2.40. The monoisotopic (exact) mass is 589 g/mol. The normalized spacial score (nSPS) is 35.9. The first-order valence-electron chi connectivity index (χ1n) is 10.7. The van der Waals surface area contributed by atoms with E-state index in [1.807, 2.05) is 0 Å². The minimum absolute atomic E-state index is 0.0301.